The standard InChI is InChI=1S/C24H27ClO3/c1-5-27-23(26)15-11-20-10-7-18(4)22(14-6-17(2)3)24(20)28-16-19-8-12-21(25)13-9-19/h6-13,15H,5,14,16H2,1-4H3/b15-11+. The molecule has 2 aromatic rings. The first-order valence-corrected chi connectivity index (χ1v) is 9.76. The molecule has 148 valence electrons. The van der Waals surface area contributed by atoms with Gasteiger partial charge in [-0.15, -0.1) is 0 Å². The van der Waals surface area contributed by atoms with Crippen molar-refractivity contribution in [1.29, 1.82) is 0 Å². The van der Waals surface area contributed by atoms with Gasteiger partial charge in [0.25, 0.3) is 0 Å². The van der Waals surface area contributed by atoms with Gasteiger partial charge < -0.3 is 9.47 Å². The third kappa shape index (κ3) is 6.58. The number of rotatable bonds is 8. The summed E-state index contributed by atoms with van der Waals surface area (Å²) in [6.07, 6.45) is 6.14. The van der Waals surface area contributed by atoms with E-state index in [-0.39, 0.29) is 5.97 Å². The molecule has 0 aliphatic carbocycles. The second-order valence-electron chi connectivity index (χ2n) is 6.77. The van der Waals surface area contributed by atoms with E-state index < -0.39 is 0 Å². The Morgan fingerprint density at radius 1 is 1.11 bits per heavy atom. The van der Waals surface area contributed by atoms with Gasteiger partial charge in [-0.2, -0.15) is 0 Å². The monoisotopic (exact) mass is 398 g/mol. The Hall–Kier alpha value is -2.52. The number of aryl methyl sites for hydroxylation is 1. The average Bonchev–Trinajstić information content (AvgIpc) is 2.66. The van der Waals surface area contributed by atoms with E-state index in [9.17, 15) is 4.79 Å². The first-order chi connectivity index (χ1) is 13.4. The third-order valence-electron chi connectivity index (χ3n) is 4.22. The molecule has 0 radical (unpaired) electrons. The van der Waals surface area contributed by atoms with Crippen LogP contribution in [0.15, 0.2) is 54.1 Å². The summed E-state index contributed by atoms with van der Waals surface area (Å²) >= 11 is 5.97. The van der Waals surface area contributed by atoms with E-state index in [0.717, 1.165) is 34.4 Å². The molecule has 0 atom stereocenters. The summed E-state index contributed by atoms with van der Waals surface area (Å²) in [5.41, 5.74) is 5.39. The van der Waals surface area contributed by atoms with Crippen LogP contribution in [-0.4, -0.2) is 12.6 Å². The molecule has 0 heterocycles. The molecule has 4 heteroatoms. The van der Waals surface area contributed by atoms with Crippen molar-refractivity contribution in [3.05, 3.63) is 81.4 Å². The van der Waals surface area contributed by atoms with Crippen LogP contribution >= 0.6 is 11.6 Å². The number of hydrogen-bond acceptors (Lipinski definition) is 3. The number of carbonyl (C=O) groups is 1. The van der Waals surface area contributed by atoms with E-state index in [1.165, 1.54) is 11.6 Å². The summed E-state index contributed by atoms with van der Waals surface area (Å²) in [6, 6.07) is 11.6. The first kappa shape index (κ1) is 21.8. The highest BCUT2D eigenvalue weighted by Gasteiger charge is 2.12. The van der Waals surface area contributed by atoms with Gasteiger partial charge in [0.05, 0.1) is 6.61 Å². The van der Waals surface area contributed by atoms with Gasteiger partial charge in [-0.1, -0.05) is 47.5 Å². The lowest BCUT2D eigenvalue weighted by Gasteiger charge is -2.16. The van der Waals surface area contributed by atoms with Gasteiger partial charge in [-0.05, 0) is 63.5 Å². The van der Waals surface area contributed by atoms with Crippen molar-refractivity contribution >= 4 is 23.6 Å². The topological polar surface area (TPSA) is 35.5 Å². The number of hydrogen-bond donors (Lipinski definition) is 0. The second kappa shape index (κ2) is 10.7. The Morgan fingerprint density at radius 3 is 2.46 bits per heavy atom. The fourth-order valence-corrected chi connectivity index (χ4v) is 2.82. The fraction of sp³-hybridized carbons (Fsp3) is 0.292. The molecule has 0 saturated carbocycles. The minimum absolute atomic E-state index is 0.350. The Labute approximate surface area is 172 Å². The van der Waals surface area contributed by atoms with Crippen molar-refractivity contribution < 1.29 is 14.3 Å². The van der Waals surface area contributed by atoms with E-state index in [1.54, 1.807) is 13.0 Å². The smallest absolute Gasteiger partial charge is 0.330 e. The molecule has 0 fully saturated rings. The summed E-state index contributed by atoms with van der Waals surface area (Å²) in [5, 5.41) is 0.696. The van der Waals surface area contributed by atoms with Crippen molar-refractivity contribution in [3.8, 4) is 5.75 Å². The predicted molar refractivity (Wildman–Crippen MR) is 116 cm³/mol. The van der Waals surface area contributed by atoms with Crippen LogP contribution < -0.4 is 4.74 Å². The third-order valence-corrected chi connectivity index (χ3v) is 4.47. The zero-order chi connectivity index (χ0) is 20.5. The number of ether oxygens (including phenoxy) is 2. The molecule has 0 amide bonds. The molecule has 2 rings (SSSR count). The summed E-state index contributed by atoms with van der Waals surface area (Å²) < 4.78 is 11.2. The minimum Gasteiger partial charge on any atom is -0.488 e. The largest absolute Gasteiger partial charge is 0.488 e. The van der Waals surface area contributed by atoms with Crippen LogP contribution in [0, 0.1) is 6.92 Å². The lowest BCUT2D eigenvalue weighted by atomic mass is 9.99. The van der Waals surface area contributed by atoms with Crippen LogP contribution in [0.3, 0.4) is 0 Å². The van der Waals surface area contributed by atoms with Crippen LogP contribution in [-0.2, 0) is 22.6 Å². The highest BCUT2D eigenvalue weighted by Crippen LogP contribution is 2.30. The summed E-state index contributed by atoms with van der Waals surface area (Å²) in [4.78, 5) is 11.7. The minimum atomic E-state index is -0.363. The summed E-state index contributed by atoms with van der Waals surface area (Å²) in [5.74, 6) is 0.422. The lowest BCUT2D eigenvalue weighted by molar-refractivity contribution is -0.137. The molecule has 0 saturated heterocycles. The van der Waals surface area contributed by atoms with E-state index in [0.29, 0.717) is 18.2 Å². The van der Waals surface area contributed by atoms with Crippen molar-refractivity contribution in [2.75, 3.05) is 6.61 Å². The molecule has 0 spiro atoms. The van der Waals surface area contributed by atoms with Crippen LogP contribution in [0.4, 0.5) is 0 Å². The Bertz CT molecular complexity index is 860. The molecule has 0 aliphatic heterocycles. The zero-order valence-corrected chi connectivity index (χ0v) is 17.7. The van der Waals surface area contributed by atoms with E-state index in [1.807, 2.05) is 36.4 Å². The van der Waals surface area contributed by atoms with Gasteiger partial charge >= 0.3 is 5.97 Å². The summed E-state index contributed by atoms with van der Waals surface area (Å²) in [6.45, 7) is 8.78. The molecule has 0 unspecified atom stereocenters. The average molecular weight is 399 g/mol. The van der Waals surface area contributed by atoms with Crippen LogP contribution in [0.1, 0.15) is 43.0 Å². The van der Waals surface area contributed by atoms with Crippen LogP contribution in [0.25, 0.3) is 6.08 Å². The van der Waals surface area contributed by atoms with E-state index in [4.69, 9.17) is 21.1 Å². The maximum absolute atomic E-state index is 11.7. The fourth-order valence-electron chi connectivity index (χ4n) is 2.69. The zero-order valence-electron chi connectivity index (χ0n) is 16.9. The SMILES string of the molecule is CCOC(=O)/C=C/c1ccc(C)c(CC=C(C)C)c1OCc1ccc(Cl)cc1. The molecular formula is C24H27ClO3. The molecule has 28 heavy (non-hydrogen) atoms. The highest BCUT2D eigenvalue weighted by molar-refractivity contribution is 6.30. The predicted octanol–water partition coefficient (Wildman–Crippen LogP) is 6.31. The van der Waals surface area contributed by atoms with Gasteiger partial charge in [-0.25, -0.2) is 4.79 Å². The maximum Gasteiger partial charge on any atom is 0.330 e. The van der Waals surface area contributed by atoms with E-state index in [2.05, 4.69) is 26.8 Å². The second-order valence-corrected chi connectivity index (χ2v) is 7.20. The lowest BCUT2D eigenvalue weighted by Crippen LogP contribution is -2.03. The van der Waals surface area contributed by atoms with Crippen molar-refractivity contribution in [1.82, 2.24) is 0 Å². The van der Waals surface area contributed by atoms with E-state index >= 15 is 0 Å². The quantitative estimate of drug-likeness (QED) is 0.297. The Morgan fingerprint density at radius 2 is 1.82 bits per heavy atom. The van der Waals surface area contributed by atoms with Gasteiger partial charge in [0.2, 0.25) is 0 Å². The van der Waals surface area contributed by atoms with Crippen molar-refractivity contribution in [2.45, 2.75) is 40.7 Å². The number of halogens is 1. The molecule has 3 nitrogen and oxygen atoms in total. The molecule has 0 N–H and O–H groups in total. The van der Waals surface area contributed by atoms with Gasteiger partial charge in [0.15, 0.2) is 0 Å². The molecule has 0 aromatic heterocycles. The first-order valence-electron chi connectivity index (χ1n) is 9.38. The van der Waals surface area contributed by atoms with Gasteiger partial charge in [0.1, 0.15) is 12.4 Å². The molecule has 0 bridgehead atoms. The van der Waals surface area contributed by atoms with Crippen LogP contribution in [0.5, 0.6) is 5.75 Å². The Kier molecular flexibility index (Phi) is 8.34. The molecule has 2 aromatic carbocycles. The number of carbonyl (C=O) groups excluding carboxylic acids is 1. The van der Waals surface area contributed by atoms with Crippen LogP contribution in [0.2, 0.25) is 5.02 Å². The Balaban J connectivity index is 2.37. The number of esters is 1. The molecule has 0 aliphatic rings. The maximum atomic E-state index is 11.7. The number of benzene rings is 2. The van der Waals surface area contributed by atoms with Gasteiger partial charge in [0, 0.05) is 22.2 Å². The molecular weight excluding hydrogens is 372 g/mol. The highest BCUT2D eigenvalue weighted by atomic mass is 35.5. The summed E-state index contributed by atoms with van der Waals surface area (Å²) in [7, 11) is 0. The van der Waals surface area contributed by atoms with Gasteiger partial charge in [-0.3, -0.25) is 0 Å². The normalized spacial score (nSPS) is 10.8. The van der Waals surface area contributed by atoms with Crippen molar-refractivity contribution in [3.63, 3.8) is 0 Å². The number of allylic oxidation sites excluding steroid dienone is 2. The van der Waals surface area contributed by atoms with Crippen molar-refractivity contribution in [2.24, 2.45) is 0 Å².